The molecule has 0 saturated carbocycles. The summed E-state index contributed by atoms with van der Waals surface area (Å²) in [4.78, 5) is 46.7. The lowest BCUT2D eigenvalue weighted by Gasteiger charge is -2.22. The summed E-state index contributed by atoms with van der Waals surface area (Å²) >= 11 is 0. The molecule has 1 aliphatic heterocycles. The largest absolute Gasteiger partial charge is 0.467 e. The van der Waals surface area contributed by atoms with Crippen molar-refractivity contribution in [2.45, 2.75) is 6.04 Å². The first-order valence-corrected chi connectivity index (χ1v) is 5.37. The van der Waals surface area contributed by atoms with E-state index in [2.05, 4.69) is 4.74 Å². The van der Waals surface area contributed by atoms with Crippen LogP contribution in [-0.4, -0.2) is 35.8 Å². The molecule has 0 spiro atoms. The Hall–Kier alpha value is -2.70. The van der Waals surface area contributed by atoms with Crippen LogP contribution in [-0.2, 0) is 19.1 Å². The Bertz CT molecular complexity index is 554. The zero-order valence-corrected chi connectivity index (χ0v) is 9.95. The van der Waals surface area contributed by atoms with Crippen molar-refractivity contribution >= 4 is 23.8 Å². The molecule has 7 nitrogen and oxygen atoms in total. The van der Waals surface area contributed by atoms with Gasteiger partial charge in [0, 0.05) is 0 Å². The van der Waals surface area contributed by atoms with Crippen molar-refractivity contribution in [3.05, 3.63) is 35.9 Å². The molecule has 7 heteroatoms. The monoisotopic (exact) mass is 262 g/mol. The topological polar surface area (TPSA) is 92.8 Å². The molecule has 2 rings (SSSR count). The molecule has 4 amide bonds. The van der Waals surface area contributed by atoms with Crippen LogP contribution in [0.1, 0.15) is 11.6 Å². The Labute approximate surface area is 108 Å². The minimum absolute atomic E-state index is 0.382. The van der Waals surface area contributed by atoms with Crippen molar-refractivity contribution < 1.29 is 23.9 Å². The predicted octanol–water partition coefficient (Wildman–Crippen LogP) is -0.0209. The second-order valence-electron chi connectivity index (χ2n) is 3.77. The van der Waals surface area contributed by atoms with Crippen molar-refractivity contribution in [3.63, 3.8) is 0 Å². The van der Waals surface area contributed by atoms with E-state index in [0.717, 1.165) is 7.11 Å². The molecule has 0 aromatic heterocycles. The van der Waals surface area contributed by atoms with Crippen molar-refractivity contribution in [2.24, 2.45) is 0 Å². The number of amides is 4. The quantitative estimate of drug-likeness (QED) is 0.469. The number of urea groups is 1. The van der Waals surface area contributed by atoms with E-state index >= 15 is 0 Å². The summed E-state index contributed by atoms with van der Waals surface area (Å²) in [6, 6.07) is 5.92. The molecule has 1 unspecified atom stereocenters. The van der Waals surface area contributed by atoms with E-state index in [1.807, 2.05) is 5.32 Å². The molecule has 98 valence electrons. The molecule has 1 N–H and O–H groups in total. The molecular weight excluding hydrogens is 252 g/mol. The lowest BCUT2D eigenvalue weighted by Crippen LogP contribution is -2.39. The molecule has 1 fully saturated rings. The van der Waals surface area contributed by atoms with Gasteiger partial charge < -0.3 is 4.74 Å². The van der Waals surface area contributed by atoms with Crippen LogP contribution in [0.4, 0.5) is 4.79 Å². The lowest BCUT2D eigenvalue weighted by molar-refractivity contribution is -0.151. The predicted molar refractivity (Wildman–Crippen MR) is 61.6 cm³/mol. The maximum atomic E-state index is 11.8. The van der Waals surface area contributed by atoms with E-state index in [1.165, 1.54) is 0 Å². The summed E-state index contributed by atoms with van der Waals surface area (Å²) in [5, 5.41) is 1.84. The van der Waals surface area contributed by atoms with Gasteiger partial charge in [-0.15, -0.1) is 0 Å². The van der Waals surface area contributed by atoms with Crippen LogP contribution < -0.4 is 5.32 Å². The van der Waals surface area contributed by atoms with Gasteiger partial charge in [-0.2, -0.15) is 0 Å². The Morgan fingerprint density at radius 1 is 1.21 bits per heavy atom. The first-order valence-electron chi connectivity index (χ1n) is 5.37. The van der Waals surface area contributed by atoms with Gasteiger partial charge in [0.15, 0.2) is 6.04 Å². The molecule has 0 radical (unpaired) electrons. The number of nitrogens with one attached hydrogen (secondary N) is 1. The maximum Gasteiger partial charge on any atom is 0.333 e. The number of methoxy groups -OCH3 is 1. The zero-order chi connectivity index (χ0) is 14.0. The average molecular weight is 262 g/mol. The van der Waals surface area contributed by atoms with Crippen molar-refractivity contribution in [3.8, 4) is 0 Å². The highest BCUT2D eigenvalue weighted by Crippen LogP contribution is 2.24. The number of ether oxygens (including phenoxy) is 1. The standard InChI is InChI=1S/C12H10N2O5/c1-19-11(17)8(7-5-3-2-4-6-7)14-10(16)9(15)13-12(14)18/h2-6,8H,1H3,(H,13,15,18). The van der Waals surface area contributed by atoms with Gasteiger partial charge >= 0.3 is 23.8 Å². The molecule has 1 aliphatic rings. The Morgan fingerprint density at radius 3 is 2.32 bits per heavy atom. The van der Waals surface area contributed by atoms with Crippen LogP contribution in [0, 0.1) is 0 Å². The summed E-state index contributed by atoms with van der Waals surface area (Å²) in [6.45, 7) is 0. The van der Waals surface area contributed by atoms with Gasteiger partial charge in [-0.3, -0.25) is 14.9 Å². The van der Waals surface area contributed by atoms with E-state index in [-0.39, 0.29) is 0 Å². The van der Waals surface area contributed by atoms with Crippen LogP contribution in [0.5, 0.6) is 0 Å². The molecule has 1 heterocycles. The van der Waals surface area contributed by atoms with Crippen LogP contribution in [0.3, 0.4) is 0 Å². The number of benzene rings is 1. The SMILES string of the molecule is COC(=O)C(c1ccccc1)N1C(=O)NC(=O)C1=O. The van der Waals surface area contributed by atoms with Gasteiger partial charge in [-0.05, 0) is 5.56 Å². The summed E-state index contributed by atoms with van der Waals surface area (Å²) < 4.78 is 4.59. The molecular formula is C12H10N2O5. The van der Waals surface area contributed by atoms with Gasteiger partial charge in [-0.1, -0.05) is 30.3 Å². The number of esters is 1. The molecule has 0 bridgehead atoms. The number of hydrogen-bond acceptors (Lipinski definition) is 5. The number of carbonyl (C=O) groups is 4. The maximum absolute atomic E-state index is 11.8. The molecule has 1 aromatic rings. The highest BCUT2D eigenvalue weighted by molar-refractivity contribution is 6.45. The van der Waals surface area contributed by atoms with Crippen LogP contribution in [0.2, 0.25) is 0 Å². The first-order chi connectivity index (χ1) is 9.06. The molecule has 19 heavy (non-hydrogen) atoms. The first kappa shape index (κ1) is 12.7. The van der Waals surface area contributed by atoms with E-state index in [0.29, 0.717) is 10.5 Å². The summed E-state index contributed by atoms with van der Waals surface area (Å²) in [5.74, 6) is -2.94. The van der Waals surface area contributed by atoms with Crippen molar-refractivity contribution in [1.29, 1.82) is 0 Å². The lowest BCUT2D eigenvalue weighted by atomic mass is 10.1. The normalized spacial score (nSPS) is 16.3. The van der Waals surface area contributed by atoms with Crippen LogP contribution in [0.25, 0.3) is 0 Å². The molecule has 0 aliphatic carbocycles. The second kappa shape index (κ2) is 4.89. The number of imide groups is 2. The van der Waals surface area contributed by atoms with Gasteiger partial charge in [0.25, 0.3) is 0 Å². The van der Waals surface area contributed by atoms with E-state index in [9.17, 15) is 19.2 Å². The minimum Gasteiger partial charge on any atom is -0.467 e. The average Bonchev–Trinajstić information content (AvgIpc) is 2.66. The third-order valence-corrected chi connectivity index (χ3v) is 2.65. The Balaban J connectivity index is 2.45. The highest BCUT2D eigenvalue weighted by Gasteiger charge is 2.45. The third-order valence-electron chi connectivity index (χ3n) is 2.65. The number of hydrogen-bond donors (Lipinski definition) is 1. The van der Waals surface area contributed by atoms with E-state index < -0.39 is 29.9 Å². The fraction of sp³-hybridized carbons (Fsp3) is 0.167. The van der Waals surface area contributed by atoms with Gasteiger partial charge in [0.05, 0.1) is 7.11 Å². The van der Waals surface area contributed by atoms with E-state index in [1.54, 1.807) is 30.3 Å². The number of carbonyl (C=O) groups excluding carboxylic acids is 4. The second-order valence-corrected chi connectivity index (χ2v) is 3.77. The van der Waals surface area contributed by atoms with E-state index in [4.69, 9.17) is 0 Å². The van der Waals surface area contributed by atoms with Gasteiger partial charge in [-0.25, -0.2) is 14.5 Å². The number of rotatable bonds is 3. The van der Waals surface area contributed by atoms with Crippen LogP contribution in [0.15, 0.2) is 30.3 Å². The fourth-order valence-electron chi connectivity index (χ4n) is 1.78. The van der Waals surface area contributed by atoms with Gasteiger partial charge in [0.1, 0.15) is 0 Å². The summed E-state index contributed by atoms with van der Waals surface area (Å²) in [5.41, 5.74) is 0.382. The summed E-state index contributed by atoms with van der Waals surface area (Å²) in [6.07, 6.45) is 0. The van der Waals surface area contributed by atoms with Crippen molar-refractivity contribution in [2.75, 3.05) is 7.11 Å². The summed E-state index contributed by atoms with van der Waals surface area (Å²) in [7, 11) is 1.14. The Morgan fingerprint density at radius 2 is 1.84 bits per heavy atom. The Kier molecular flexibility index (Phi) is 3.28. The zero-order valence-electron chi connectivity index (χ0n) is 9.95. The smallest absolute Gasteiger partial charge is 0.333 e. The third kappa shape index (κ3) is 2.17. The number of nitrogens with zero attached hydrogens (tertiary/aromatic N) is 1. The molecule has 1 aromatic carbocycles. The van der Waals surface area contributed by atoms with Crippen LogP contribution >= 0.6 is 0 Å². The minimum atomic E-state index is -1.27. The molecule has 1 atom stereocenters. The fourth-order valence-corrected chi connectivity index (χ4v) is 1.78. The molecule has 1 saturated heterocycles. The van der Waals surface area contributed by atoms with Gasteiger partial charge in [0.2, 0.25) is 0 Å². The van der Waals surface area contributed by atoms with Crippen molar-refractivity contribution in [1.82, 2.24) is 10.2 Å². The highest BCUT2D eigenvalue weighted by atomic mass is 16.5.